The van der Waals surface area contributed by atoms with Gasteiger partial charge in [-0.05, 0) is 73.3 Å². The van der Waals surface area contributed by atoms with Crippen molar-refractivity contribution in [2.75, 3.05) is 60.4 Å². The number of hydrogen-bond acceptors (Lipinski definition) is 7. The molecular formula is C34H40IN7O2S. The molecule has 45 heavy (non-hydrogen) atoms. The summed E-state index contributed by atoms with van der Waals surface area (Å²) < 4.78 is 2.04. The lowest BCUT2D eigenvalue weighted by Crippen LogP contribution is -2.47. The number of piperazine rings is 1. The van der Waals surface area contributed by atoms with Gasteiger partial charge in [-0.3, -0.25) is 18.5 Å². The van der Waals surface area contributed by atoms with Gasteiger partial charge in [-0.15, -0.1) is 0 Å². The molecule has 2 aromatic heterocycles. The number of benzene rings is 2. The van der Waals surface area contributed by atoms with E-state index >= 15 is 0 Å². The maximum Gasteiger partial charge on any atom is 0.253 e. The van der Waals surface area contributed by atoms with Crippen LogP contribution in [0.2, 0.25) is 0 Å². The number of hydrogen-bond donors (Lipinski definition) is 0. The molecule has 2 amide bonds. The molecule has 4 aromatic rings. The highest BCUT2D eigenvalue weighted by Crippen LogP contribution is 2.36. The zero-order valence-electron chi connectivity index (χ0n) is 26.6. The molecule has 1 fully saturated rings. The fraction of sp³-hybridized carbons (Fsp3) is 0.412. The van der Waals surface area contributed by atoms with Crippen LogP contribution < -0.4 is 0 Å². The summed E-state index contributed by atoms with van der Waals surface area (Å²) in [4.78, 5) is 43.9. The number of fused-ring (bicyclic) bond motifs is 2. The number of amides is 2. The van der Waals surface area contributed by atoms with Gasteiger partial charge in [0, 0.05) is 120 Å². The zero-order valence-corrected chi connectivity index (χ0v) is 29.6. The lowest BCUT2D eigenvalue weighted by molar-refractivity contribution is -0.133. The first-order chi connectivity index (χ1) is 21.6. The summed E-state index contributed by atoms with van der Waals surface area (Å²) >= 11 is 2.27. The van der Waals surface area contributed by atoms with Crippen molar-refractivity contribution in [3.05, 3.63) is 70.5 Å². The van der Waals surface area contributed by atoms with Gasteiger partial charge in [0.25, 0.3) is 5.91 Å². The summed E-state index contributed by atoms with van der Waals surface area (Å²) in [7, 11) is 7.21. The van der Waals surface area contributed by atoms with E-state index in [2.05, 4.69) is 69.4 Å². The lowest BCUT2D eigenvalue weighted by atomic mass is 9.92. The van der Waals surface area contributed by atoms with Gasteiger partial charge in [0.05, 0.1) is 11.9 Å². The number of nitrogens with zero attached hydrogens (tertiary/aromatic N) is 7. The summed E-state index contributed by atoms with van der Waals surface area (Å²) in [5, 5.41) is 0. The van der Waals surface area contributed by atoms with Crippen LogP contribution in [0, 0.1) is 13.8 Å². The Morgan fingerprint density at radius 2 is 1.76 bits per heavy atom. The summed E-state index contributed by atoms with van der Waals surface area (Å²) in [6, 6.07) is 10.5. The molecule has 9 nitrogen and oxygen atoms in total. The molecule has 0 unspecified atom stereocenters. The van der Waals surface area contributed by atoms with Crippen LogP contribution in [0.4, 0.5) is 0 Å². The molecule has 0 saturated carbocycles. The van der Waals surface area contributed by atoms with E-state index in [1.54, 1.807) is 28.1 Å². The summed E-state index contributed by atoms with van der Waals surface area (Å²) in [6.07, 6.45) is 5.50. The Kier molecular flexibility index (Phi) is 9.51. The van der Waals surface area contributed by atoms with E-state index < -0.39 is 0 Å². The smallest absolute Gasteiger partial charge is 0.253 e. The highest BCUT2D eigenvalue weighted by Gasteiger charge is 2.24. The first kappa shape index (κ1) is 32.0. The Labute approximate surface area is 281 Å². The number of carbonyl (C=O) groups excluding carboxylic acids is 2. The van der Waals surface area contributed by atoms with Crippen LogP contribution in [-0.4, -0.2) is 106 Å². The SMILES string of the molecule is Cc1cc(-c2cn(SI)c3ncc(-c4cc(C)c5c(c4)CN(CCC(=O)N4CCN(C)CC4)CC5)nc23)ccc1C(=O)N(C)C. The van der Waals surface area contributed by atoms with Crippen LogP contribution in [0.25, 0.3) is 33.5 Å². The molecule has 0 aliphatic carbocycles. The fourth-order valence-corrected chi connectivity index (χ4v) is 7.71. The zero-order chi connectivity index (χ0) is 31.8. The molecule has 6 rings (SSSR count). The van der Waals surface area contributed by atoms with Crippen LogP contribution in [0.3, 0.4) is 0 Å². The van der Waals surface area contributed by atoms with E-state index in [1.165, 1.54) is 16.7 Å². The molecular weight excluding hydrogens is 697 g/mol. The van der Waals surface area contributed by atoms with E-state index in [0.717, 1.165) is 91.3 Å². The number of halogens is 1. The molecule has 0 atom stereocenters. The van der Waals surface area contributed by atoms with Crippen LogP contribution in [0.5, 0.6) is 0 Å². The average molecular weight is 738 g/mol. The van der Waals surface area contributed by atoms with Crippen molar-refractivity contribution < 1.29 is 9.59 Å². The van der Waals surface area contributed by atoms with Crippen LogP contribution in [-0.2, 0) is 17.8 Å². The highest BCUT2D eigenvalue weighted by atomic mass is 127. The van der Waals surface area contributed by atoms with Crippen molar-refractivity contribution in [1.29, 1.82) is 0 Å². The third kappa shape index (κ3) is 6.63. The lowest BCUT2D eigenvalue weighted by Gasteiger charge is -2.34. The number of aryl methyl sites for hydroxylation is 2. The predicted octanol–water partition coefficient (Wildman–Crippen LogP) is 5.45. The third-order valence-corrected chi connectivity index (χ3v) is 10.8. The number of rotatable bonds is 7. The monoisotopic (exact) mass is 737 g/mol. The minimum absolute atomic E-state index is 0.00523. The minimum Gasteiger partial charge on any atom is -0.345 e. The Hall–Kier alpha value is -3.00. The molecule has 0 bridgehead atoms. The Balaban J connectivity index is 1.26. The minimum atomic E-state index is -0.00523. The van der Waals surface area contributed by atoms with Crippen molar-refractivity contribution in [2.45, 2.75) is 33.2 Å². The Morgan fingerprint density at radius 3 is 2.47 bits per heavy atom. The van der Waals surface area contributed by atoms with Crippen molar-refractivity contribution in [1.82, 2.24) is 33.5 Å². The molecule has 2 aromatic carbocycles. The van der Waals surface area contributed by atoms with Crippen LogP contribution in [0.1, 0.15) is 39.0 Å². The van der Waals surface area contributed by atoms with Gasteiger partial charge < -0.3 is 14.7 Å². The van der Waals surface area contributed by atoms with Crippen LogP contribution in [0.15, 0.2) is 42.7 Å². The van der Waals surface area contributed by atoms with Gasteiger partial charge in [-0.2, -0.15) is 0 Å². The van der Waals surface area contributed by atoms with Gasteiger partial charge in [0.2, 0.25) is 5.91 Å². The number of aromatic nitrogens is 3. The summed E-state index contributed by atoms with van der Waals surface area (Å²) in [5.74, 6) is 0.262. The number of likely N-dealkylation sites (N-methyl/N-ethyl adjacent to an activating group) is 1. The maximum atomic E-state index is 12.9. The molecule has 0 spiro atoms. The second-order valence-electron chi connectivity index (χ2n) is 12.5. The van der Waals surface area contributed by atoms with Crippen molar-refractivity contribution >= 4 is 53.3 Å². The number of carbonyl (C=O) groups is 2. The summed E-state index contributed by atoms with van der Waals surface area (Å²) in [5.41, 5.74) is 11.1. The van der Waals surface area contributed by atoms with E-state index in [4.69, 9.17) is 9.97 Å². The second-order valence-corrected chi connectivity index (χ2v) is 14.2. The van der Waals surface area contributed by atoms with E-state index in [-0.39, 0.29) is 11.8 Å². The Bertz CT molecular complexity index is 1760. The van der Waals surface area contributed by atoms with Crippen molar-refractivity contribution in [3.8, 4) is 22.4 Å². The second kappa shape index (κ2) is 13.4. The fourth-order valence-electron chi connectivity index (χ4n) is 6.46. The van der Waals surface area contributed by atoms with Gasteiger partial charge >= 0.3 is 0 Å². The molecule has 0 N–H and O–H groups in total. The maximum absolute atomic E-state index is 12.9. The quantitative estimate of drug-likeness (QED) is 0.234. The van der Waals surface area contributed by atoms with Crippen molar-refractivity contribution in [2.24, 2.45) is 0 Å². The van der Waals surface area contributed by atoms with Crippen LogP contribution >= 0.6 is 30.3 Å². The predicted molar refractivity (Wildman–Crippen MR) is 191 cm³/mol. The normalized spacial score (nSPS) is 15.8. The molecule has 2 aliphatic rings. The standard InChI is InChI=1S/C34H40IN7O2S/c1-22-17-25(18-26-20-40(10-8-27(22)26)11-9-31(43)41-14-12-39(5)13-15-41)30-19-36-33-32(37-30)29(21-42(33)45-35)24-6-7-28(23(2)16-24)34(44)38(3)4/h6-7,16-19,21H,8-15,20H2,1-5H3. The van der Waals surface area contributed by atoms with Gasteiger partial charge in [0.15, 0.2) is 5.65 Å². The highest BCUT2D eigenvalue weighted by molar-refractivity contribution is 14.2. The molecule has 236 valence electrons. The average Bonchev–Trinajstić information content (AvgIpc) is 3.41. The molecule has 0 radical (unpaired) electrons. The molecule has 4 heterocycles. The molecule has 2 aliphatic heterocycles. The molecule has 1 saturated heterocycles. The first-order valence-electron chi connectivity index (χ1n) is 15.4. The van der Waals surface area contributed by atoms with Gasteiger partial charge in [-0.25, -0.2) is 9.97 Å². The summed E-state index contributed by atoms with van der Waals surface area (Å²) in [6.45, 7) is 10.3. The van der Waals surface area contributed by atoms with Gasteiger partial charge in [-0.1, -0.05) is 12.1 Å². The Morgan fingerprint density at radius 1 is 1.00 bits per heavy atom. The van der Waals surface area contributed by atoms with E-state index in [0.29, 0.717) is 12.0 Å². The largest absolute Gasteiger partial charge is 0.345 e. The van der Waals surface area contributed by atoms with E-state index in [9.17, 15) is 9.59 Å². The first-order valence-corrected chi connectivity index (χ1v) is 18.8. The molecule has 11 heteroatoms. The van der Waals surface area contributed by atoms with Gasteiger partial charge in [0.1, 0.15) is 5.52 Å². The third-order valence-electron chi connectivity index (χ3n) is 9.14. The van der Waals surface area contributed by atoms with Crippen molar-refractivity contribution in [3.63, 3.8) is 0 Å². The topological polar surface area (TPSA) is 77.8 Å². The van der Waals surface area contributed by atoms with E-state index in [1.807, 2.05) is 34.1 Å².